The summed E-state index contributed by atoms with van der Waals surface area (Å²) < 4.78 is 6.35. The quantitative estimate of drug-likeness (QED) is 0.361. The SMILES string of the molecule is C[C@H](Oc1cccc(Cl)c1)C(=O)O/N=C(/N)c1ccc(Br)cc1. The summed E-state index contributed by atoms with van der Waals surface area (Å²) in [6.07, 6.45) is -0.852. The minimum atomic E-state index is -0.852. The summed E-state index contributed by atoms with van der Waals surface area (Å²) >= 11 is 9.17. The van der Waals surface area contributed by atoms with E-state index in [-0.39, 0.29) is 5.84 Å². The van der Waals surface area contributed by atoms with Gasteiger partial charge in [0, 0.05) is 15.1 Å². The van der Waals surface area contributed by atoms with Crippen molar-refractivity contribution in [3.63, 3.8) is 0 Å². The number of carbonyl (C=O) groups is 1. The van der Waals surface area contributed by atoms with Crippen molar-refractivity contribution in [3.05, 3.63) is 63.6 Å². The van der Waals surface area contributed by atoms with Crippen LogP contribution in [-0.4, -0.2) is 17.9 Å². The van der Waals surface area contributed by atoms with Crippen LogP contribution in [-0.2, 0) is 9.63 Å². The number of rotatable bonds is 5. The molecule has 0 unspecified atom stereocenters. The maximum Gasteiger partial charge on any atom is 0.374 e. The van der Waals surface area contributed by atoms with E-state index < -0.39 is 12.1 Å². The predicted octanol–water partition coefficient (Wildman–Crippen LogP) is 3.73. The van der Waals surface area contributed by atoms with Gasteiger partial charge in [-0.05, 0) is 37.3 Å². The molecule has 2 aromatic carbocycles. The van der Waals surface area contributed by atoms with Crippen LogP contribution < -0.4 is 10.5 Å². The van der Waals surface area contributed by atoms with Crippen molar-refractivity contribution in [2.45, 2.75) is 13.0 Å². The summed E-state index contributed by atoms with van der Waals surface area (Å²) in [4.78, 5) is 16.7. The van der Waals surface area contributed by atoms with Crippen molar-refractivity contribution in [1.82, 2.24) is 0 Å². The molecule has 2 aromatic rings. The fourth-order valence-electron chi connectivity index (χ4n) is 1.63. The lowest BCUT2D eigenvalue weighted by Crippen LogP contribution is -2.26. The molecule has 0 aliphatic heterocycles. The summed E-state index contributed by atoms with van der Waals surface area (Å²) in [5.41, 5.74) is 6.41. The number of nitrogens with zero attached hydrogens (tertiary/aromatic N) is 1. The molecule has 120 valence electrons. The molecule has 1 atom stereocenters. The number of amidine groups is 1. The average Bonchev–Trinajstić information content (AvgIpc) is 2.53. The highest BCUT2D eigenvalue weighted by Gasteiger charge is 2.17. The van der Waals surface area contributed by atoms with Crippen molar-refractivity contribution in [1.29, 1.82) is 0 Å². The van der Waals surface area contributed by atoms with Crippen molar-refractivity contribution in [2.24, 2.45) is 10.9 Å². The van der Waals surface area contributed by atoms with Crippen molar-refractivity contribution < 1.29 is 14.4 Å². The number of benzene rings is 2. The first-order chi connectivity index (χ1) is 11.0. The largest absolute Gasteiger partial charge is 0.479 e. The Kier molecular flexibility index (Phi) is 6.01. The second-order valence-corrected chi connectivity index (χ2v) is 5.96. The predicted molar refractivity (Wildman–Crippen MR) is 92.5 cm³/mol. The zero-order chi connectivity index (χ0) is 16.8. The lowest BCUT2D eigenvalue weighted by molar-refractivity contribution is -0.151. The van der Waals surface area contributed by atoms with Gasteiger partial charge in [-0.15, -0.1) is 0 Å². The van der Waals surface area contributed by atoms with Crippen molar-refractivity contribution in [3.8, 4) is 5.75 Å². The molecule has 0 aromatic heterocycles. The zero-order valence-corrected chi connectivity index (χ0v) is 14.5. The van der Waals surface area contributed by atoms with Gasteiger partial charge in [0.25, 0.3) is 0 Å². The summed E-state index contributed by atoms with van der Waals surface area (Å²) in [7, 11) is 0. The molecule has 5 nitrogen and oxygen atoms in total. The van der Waals surface area contributed by atoms with Gasteiger partial charge in [0.05, 0.1) is 0 Å². The number of hydrogen-bond acceptors (Lipinski definition) is 4. The Morgan fingerprint density at radius 1 is 1.26 bits per heavy atom. The molecule has 0 aliphatic carbocycles. The monoisotopic (exact) mass is 396 g/mol. The highest BCUT2D eigenvalue weighted by Crippen LogP contribution is 2.18. The Hall–Kier alpha value is -2.05. The molecule has 7 heteroatoms. The van der Waals surface area contributed by atoms with E-state index in [1.165, 1.54) is 0 Å². The van der Waals surface area contributed by atoms with Crippen LogP contribution in [0, 0.1) is 0 Å². The summed E-state index contributed by atoms with van der Waals surface area (Å²) in [6, 6.07) is 13.8. The lowest BCUT2D eigenvalue weighted by Gasteiger charge is -2.12. The summed E-state index contributed by atoms with van der Waals surface area (Å²) in [6.45, 7) is 1.55. The first-order valence-electron chi connectivity index (χ1n) is 6.68. The van der Waals surface area contributed by atoms with Crippen LogP contribution >= 0.6 is 27.5 Å². The average molecular weight is 398 g/mol. The van der Waals surface area contributed by atoms with Crippen LogP contribution in [0.4, 0.5) is 0 Å². The molecule has 0 saturated carbocycles. The second-order valence-electron chi connectivity index (χ2n) is 4.61. The molecule has 23 heavy (non-hydrogen) atoms. The lowest BCUT2D eigenvalue weighted by atomic mass is 10.2. The first-order valence-corrected chi connectivity index (χ1v) is 7.85. The molecule has 0 spiro atoms. The third-order valence-electron chi connectivity index (χ3n) is 2.81. The molecule has 0 radical (unpaired) electrons. The van der Waals surface area contributed by atoms with E-state index in [2.05, 4.69) is 21.1 Å². The van der Waals surface area contributed by atoms with E-state index in [0.29, 0.717) is 16.3 Å². The minimum Gasteiger partial charge on any atom is -0.479 e. The first kappa shape index (κ1) is 17.3. The number of halogens is 2. The summed E-state index contributed by atoms with van der Waals surface area (Å²) in [5, 5.41) is 4.14. The highest BCUT2D eigenvalue weighted by molar-refractivity contribution is 9.10. The Balaban J connectivity index is 1.95. The third kappa shape index (κ3) is 5.26. The fourth-order valence-corrected chi connectivity index (χ4v) is 2.08. The van der Waals surface area contributed by atoms with Crippen LogP contribution in [0.2, 0.25) is 5.02 Å². The van der Waals surface area contributed by atoms with Gasteiger partial charge in [-0.25, -0.2) is 4.79 Å². The third-order valence-corrected chi connectivity index (χ3v) is 3.58. The molecule has 0 saturated heterocycles. The Morgan fingerprint density at radius 2 is 1.96 bits per heavy atom. The molecule has 0 amide bonds. The Bertz CT molecular complexity index is 720. The minimum absolute atomic E-state index is 0.0980. The van der Waals surface area contributed by atoms with Crippen LogP contribution in [0.1, 0.15) is 12.5 Å². The van der Waals surface area contributed by atoms with E-state index in [0.717, 1.165) is 4.47 Å². The van der Waals surface area contributed by atoms with Gasteiger partial charge < -0.3 is 15.3 Å². The van der Waals surface area contributed by atoms with Gasteiger partial charge in [0.2, 0.25) is 0 Å². The number of carbonyl (C=O) groups excluding carboxylic acids is 1. The number of nitrogens with two attached hydrogens (primary N) is 1. The van der Waals surface area contributed by atoms with E-state index >= 15 is 0 Å². The molecule has 2 rings (SSSR count). The van der Waals surface area contributed by atoms with Crippen molar-refractivity contribution >= 4 is 39.3 Å². The molecular weight excluding hydrogens is 384 g/mol. The maximum atomic E-state index is 11.9. The van der Waals surface area contributed by atoms with Gasteiger partial charge in [0.1, 0.15) is 5.75 Å². The van der Waals surface area contributed by atoms with Crippen LogP contribution in [0.15, 0.2) is 58.2 Å². The van der Waals surface area contributed by atoms with E-state index in [1.807, 2.05) is 12.1 Å². The van der Waals surface area contributed by atoms with E-state index in [9.17, 15) is 4.79 Å². The van der Waals surface area contributed by atoms with Crippen LogP contribution in [0.25, 0.3) is 0 Å². The smallest absolute Gasteiger partial charge is 0.374 e. The van der Waals surface area contributed by atoms with Gasteiger partial charge in [-0.1, -0.05) is 50.9 Å². The molecule has 0 heterocycles. The van der Waals surface area contributed by atoms with Crippen molar-refractivity contribution in [2.75, 3.05) is 0 Å². The maximum absolute atomic E-state index is 11.9. The second kappa shape index (κ2) is 7.99. The normalized spacial score (nSPS) is 12.6. The van der Waals surface area contributed by atoms with Crippen LogP contribution in [0.5, 0.6) is 5.75 Å². The van der Waals surface area contributed by atoms with Gasteiger partial charge >= 0.3 is 5.97 Å². The number of oxime groups is 1. The standard InChI is InChI=1S/C16H14BrClN2O3/c1-10(22-14-4-2-3-13(18)9-14)16(21)23-20-15(19)11-5-7-12(17)8-6-11/h2-10H,1H3,(H2,19,20)/t10-/m0/s1. The highest BCUT2D eigenvalue weighted by atomic mass is 79.9. The Labute approximate surface area is 147 Å². The fraction of sp³-hybridized carbons (Fsp3) is 0.125. The van der Waals surface area contributed by atoms with Gasteiger partial charge in [-0.2, -0.15) is 0 Å². The Morgan fingerprint density at radius 3 is 2.61 bits per heavy atom. The van der Waals surface area contributed by atoms with E-state index in [4.69, 9.17) is 26.9 Å². The number of ether oxygens (including phenoxy) is 1. The van der Waals surface area contributed by atoms with Gasteiger partial charge in [0.15, 0.2) is 11.9 Å². The summed E-state index contributed by atoms with van der Waals surface area (Å²) in [5.74, 6) is -0.0994. The molecular formula is C16H14BrClN2O3. The number of hydrogen-bond donors (Lipinski definition) is 1. The van der Waals surface area contributed by atoms with E-state index in [1.54, 1.807) is 43.3 Å². The molecule has 2 N–H and O–H groups in total. The zero-order valence-electron chi connectivity index (χ0n) is 12.2. The van der Waals surface area contributed by atoms with Gasteiger partial charge in [-0.3, -0.25) is 0 Å². The molecule has 0 aliphatic rings. The van der Waals surface area contributed by atoms with Crippen LogP contribution in [0.3, 0.4) is 0 Å². The topological polar surface area (TPSA) is 73.9 Å². The molecule has 0 bridgehead atoms. The molecule has 0 fully saturated rings.